The minimum absolute atomic E-state index is 0.332. The number of hydrogen-bond acceptors (Lipinski definition) is 3. The summed E-state index contributed by atoms with van der Waals surface area (Å²) in [6.07, 6.45) is 0.981. The number of piperazine rings is 1. The molecule has 2 aromatic carbocycles. The lowest BCUT2D eigenvalue weighted by molar-refractivity contribution is 0.0697. The van der Waals surface area contributed by atoms with Crippen molar-refractivity contribution in [1.82, 2.24) is 5.32 Å². The van der Waals surface area contributed by atoms with Gasteiger partial charge >= 0.3 is 5.97 Å². The third kappa shape index (κ3) is 3.28. The van der Waals surface area contributed by atoms with E-state index in [9.17, 15) is 4.79 Å². The average molecular weight is 296 g/mol. The molecule has 1 heterocycles. The highest BCUT2D eigenvalue weighted by molar-refractivity contribution is 5.88. The molecule has 2 aromatic rings. The molecule has 0 aromatic heterocycles. The highest BCUT2D eigenvalue weighted by Gasteiger charge is 2.22. The Hall–Kier alpha value is -2.33. The number of benzene rings is 2. The van der Waals surface area contributed by atoms with Crippen molar-refractivity contribution in [2.45, 2.75) is 12.5 Å². The first-order valence-electron chi connectivity index (χ1n) is 7.58. The molecule has 0 radical (unpaired) electrons. The summed E-state index contributed by atoms with van der Waals surface area (Å²) in [6, 6.07) is 18.0. The number of nitrogens with one attached hydrogen (secondary N) is 1. The van der Waals surface area contributed by atoms with Crippen molar-refractivity contribution < 1.29 is 9.90 Å². The SMILES string of the molecule is O=C(O)c1ccc(N2CCNC[C@H]2Cc2ccccc2)cc1. The highest BCUT2D eigenvalue weighted by Crippen LogP contribution is 2.21. The zero-order chi connectivity index (χ0) is 15.4. The third-order valence-corrected chi connectivity index (χ3v) is 4.11. The Morgan fingerprint density at radius 3 is 2.55 bits per heavy atom. The van der Waals surface area contributed by atoms with Crippen molar-refractivity contribution in [2.24, 2.45) is 0 Å². The normalized spacial score (nSPS) is 18.2. The number of carbonyl (C=O) groups is 1. The van der Waals surface area contributed by atoms with Gasteiger partial charge in [-0.3, -0.25) is 0 Å². The number of carboxylic acid groups (broad SMARTS) is 1. The van der Waals surface area contributed by atoms with E-state index in [2.05, 4.69) is 34.5 Å². The molecule has 22 heavy (non-hydrogen) atoms. The van der Waals surface area contributed by atoms with E-state index >= 15 is 0 Å². The summed E-state index contributed by atoms with van der Waals surface area (Å²) >= 11 is 0. The van der Waals surface area contributed by atoms with E-state index in [1.165, 1.54) is 5.56 Å². The molecular formula is C18H20N2O2. The molecule has 114 valence electrons. The second kappa shape index (κ2) is 6.62. The average Bonchev–Trinajstić information content (AvgIpc) is 2.56. The lowest BCUT2D eigenvalue weighted by Gasteiger charge is -2.38. The van der Waals surface area contributed by atoms with Crippen LogP contribution in [0.15, 0.2) is 54.6 Å². The Morgan fingerprint density at radius 2 is 1.86 bits per heavy atom. The first kappa shape index (κ1) is 14.6. The van der Waals surface area contributed by atoms with Gasteiger partial charge in [-0.1, -0.05) is 30.3 Å². The standard InChI is InChI=1S/C18H20N2O2/c21-18(22)15-6-8-16(9-7-15)20-11-10-19-13-17(20)12-14-4-2-1-3-5-14/h1-9,17,19H,10-13H2,(H,21,22)/t17-/m1/s1. The molecule has 3 rings (SSSR count). The second-order valence-electron chi connectivity index (χ2n) is 5.59. The van der Waals surface area contributed by atoms with Gasteiger partial charge in [0, 0.05) is 31.4 Å². The van der Waals surface area contributed by atoms with Crippen LogP contribution in [0.5, 0.6) is 0 Å². The Balaban J connectivity index is 1.78. The fourth-order valence-electron chi connectivity index (χ4n) is 2.96. The van der Waals surface area contributed by atoms with Gasteiger partial charge in [0.25, 0.3) is 0 Å². The number of carboxylic acids is 1. The van der Waals surface area contributed by atoms with Crippen LogP contribution in [-0.2, 0) is 6.42 Å². The third-order valence-electron chi connectivity index (χ3n) is 4.11. The molecule has 1 fully saturated rings. The van der Waals surface area contributed by atoms with Gasteiger partial charge in [-0.2, -0.15) is 0 Å². The Labute approximate surface area is 130 Å². The summed E-state index contributed by atoms with van der Waals surface area (Å²) < 4.78 is 0. The predicted octanol–water partition coefficient (Wildman–Crippen LogP) is 2.41. The molecule has 1 atom stereocenters. The zero-order valence-corrected chi connectivity index (χ0v) is 12.4. The largest absolute Gasteiger partial charge is 0.478 e. The number of anilines is 1. The van der Waals surface area contributed by atoms with Crippen LogP contribution in [0.3, 0.4) is 0 Å². The molecule has 0 bridgehead atoms. The van der Waals surface area contributed by atoms with Crippen LogP contribution in [0.25, 0.3) is 0 Å². The summed E-state index contributed by atoms with van der Waals surface area (Å²) in [6.45, 7) is 2.82. The smallest absolute Gasteiger partial charge is 0.335 e. The van der Waals surface area contributed by atoms with Crippen LogP contribution in [-0.4, -0.2) is 36.8 Å². The minimum atomic E-state index is -0.882. The molecule has 0 unspecified atom stereocenters. The second-order valence-corrected chi connectivity index (χ2v) is 5.59. The molecule has 4 nitrogen and oxygen atoms in total. The molecule has 0 amide bonds. The van der Waals surface area contributed by atoms with E-state index in [1.807, 2.05) is 18.2 Å². The highest BCUT2D eigenvalue weighted by atomic mass is 16.4. The summed E-state index contributed by atoms with van der Waals surface area (Å²) in [5.74, 6) is -0.882. The van der Waals surface area contributed by atoms with E-state index in [1.54, 1.807) is 12.1 Å². The van der Waals surface area contributed by atoms with Gasteiger partial charge in [0.1, 0.15) is 0 Å². The van der Waals surface area contributed by atoms with Crippen LogP contribution in [0, 0.1) is 0 Å². The van der Waals surface area contributed by atoms with E-state index in [-0.39, 0.29) is 0 Å². The first-order valence-corrected chi connectivity index (χ1v) is 7.58. The molecular weight excluding hydrogens is 276 g/mol. The van der Waals surface area contributed by atoms with Crippen molar-refractivity contribution in [3.8, 4) is 0 Å². The van der Waals surface area contributed by atoms with Crippen LogP contribution >= 0.6 is 0 Å². The van der Waals surface area contributed by atoms with Gasteiger partial charge in [-0.15, -0.1) is 0 Å². The lowest BCUT2D eigenvalue weighted by Crippen LogP contribution is -2.52. The first-order chi connectivity index (χ1) is 10.7. The van der Waals surface area contributed by atoms with Crippen molar-refractivity contribution >= 4 is 11.7 Å². The van der Waals surface area contributed by atoms with Gasteiger partial charge in [0.15, 0.2) is 0 Å². The summed E-state index contributed by atoms with van der Waals surface area (Å²) in [5, 5.41) is 12.5. The van der Waals surface area contributed by atoms with Gasteiger partial charge in [-0.05, 0) is 36.2 Å². The van der Waals surface area contributed by atoms with Gasteiger partial charge in [0.05, 0.1) is 5.56 Å². The molecule has 0 saturated carbocycles. The lowest BCUT2D eigenvalue weighted by atomic mass is 10.0. The summed E-state index contributed by atoms with van der Waals surface area (Å²) in [4.78, 5) is 13.3. The van der Waals surface area contributed by atoms with Crippen LogP contribution in [0.1, 0.15) is 15.9 Å². The number of nitrogens with zero attached hydrogens (tertiary/aromatic N) is 1. The minimum Gasteiger partial charge on any atom is -0.478 e. The van der Waals surface area contributed by atoms with Crippen LogP contribution < -0.4 is 10.2 Å². The Bertz CT molecular complexity index is 625. The fourth-order valence-corrected chi connectivity index (χ4v) is 2.96. The summed E-state index contributed by atoms with van der Waals surface area (Å²) in [7, 11) is 0. The number of rotatable bonds is 4. The van der Waals surface area contributed by atoms with Gasteiger partial charge < -0.3 is 15.3 Å². The number of aromatic carboxylic acids is 1. The molecule has 1 aliphatic heterocycles. The molecule has 2 N–H and O–H groups in total. The van der Waals surface area contributed by atoms with E-state index in [4.69, 9.17) is 5.11 Å². The van der Waals surface area contributed by atoms with Crippen molar-refractivity contribution in [2.75, 3.05) is 24.5 Å². The fraction of sp³-hybridized carbons (Fsp3) is 0.278. The Morgan fingerprint density at radius 1 is 1.14 bits per heavy atom. The van der Waals surface area contributed by atoms with Crippen molar-refractivity contribution in [3.63, 3.8) is 0 Å². The maximum absolute atomic E-state index is 11.0. The van der Waals surface area contributed by atoms with E-state index in [0.717, 1.165) is 31.7 Å². The topological polar surface area (TPSA) is 52.6 Å². The van der Waals surface area contributed by atoms with Crippen molar-refractivity contribution in [1.29, 1.82) is 0 Å². The quantitative estimate of drug-likeness (QED) is 0.910. The number of hydrogen-bond donors (Lipinski definition) is 2. The van der Waals surface area contributed by atoms with Gasteiger partial charge in [-0.25, -0.2) is 4.79 Å². The predicted molar refractivity (Wildman–Crippen MR) is 87.6 cm³/mol. The molecule has 0 aliphatic carbocycles. The zero-order valence-electron chi connectivity index (χ0n) is 12.4. The van der Waals surface area contributed by atoms with Gasteiger partial charge in [0.2, 0.25) is 0 Å². The summed E-state index contributed by atoms with van der Waals surface area (Å²) in [5.41, 5.74) is 2.74. The molecule has 0 spiro atoms. The molecule has 4 heteroatoms. The maximum atomic E-state index is 11.0. The van der Waals surface area contributed by atoms with Crippen LogP contribution in [0.4, 0.5) is 5.69 Å². The van der Waals surface area contributed by atoms with Crippen molar-refractivity contribution in [3.05, 3.63) is 65.7 Å². The van der Waals surface area contributed by atoms with E-state index in [0.29, 0.717) is 11.6 Å². The van der Waals surface area contributed by atoms with E-state index < -0.39 is 5.97 Å². The maximum Gasteiger partial charge on any atom is 0.335 e. The Kier molecular flexibility index (Phi) is 4.39. The van der Waals surface area contributed by atoms with Crippen LogP contribution in [0.2, 0.25) is 0 Å². The molecule has 1 saturated heterocycles. The molecule has 1 aliphatic rings. The monoisotopic (exact) mass is 296 g/mol.